The normalized spacial score (nSPS) is 19.0. The number of nitrogens with one attached hydrogen (secondary N) is 2. The molecule has 2 aliphatic rings. The summed E-state index contributed by atoms with van der Waals surface area (Å²) in [7, 11) is 0. The van der Waals surface area contributed by atoms with Gasteiger partial charge in [0, 0.05) is 32.2 Å². The van der Waals surface area contributed by atoms with Crippen LogP contribution < -0.4 is 15.5 Å². The van der Waals surface area contributed by atoms with E-state index in [0.717, 1.165) is 31.4 Å². The Bertz CT molecular complexity index is 806. The second-order valence-electron chi connectivity index (χ2n) is 6.46. The fraction of sp³-hybridized carbons (Fsp3) is 0.412. The van der Waals surface area contributed by atoms with E-state index < -0.39 is 11.6 Å². The lowest BCUT2D eigenvalue weighted by Gasteiger charge is -2.19. The minimum Gasteiger partial charge on any atom is -0.369 e. The summed E-state index contributed by atoms with van der Waals surface area (Å²) < 4.78 is 28.7. The summed E-state index contributed by atoms with van der Waals surface area (Å²) in [6.45, 7) is 3.39. The van der Waals surface area contributed by atoms with Gasteiger partial charge in [0.05, 0.1) is 18.4 Å². The van der Waals surface area contributed by atoms with E-state index in [4.69, 9.17) is 0 Å². The minimum atomic E-state index is -0.577. The molecule has 1 unspecified atom stereocenters. The molecule has 1 aromatic heterocycles. The van der Waals surface area contributed by atoms with Crippen molar-refractivity contribution in [1.29, 1.82) is 0 Å². The van der Waals surface area contributed by atoms with E-state index in [1.54, 1.807) is 10.9 Å². The lowest BCUT2D eigenvalue weighted by molar-refractivity contribution is 0.0949. The second kappa shape index (κ2) is 6.34. The zero-order chi connectivity index (χ0) is 17.4. The van der Waals surface area contributed by atoms with Gasteiger partial charge < -0.3 is 15.5 Å². The van der Waals surface area contributed by atoms with Crippen molar-refractivity contribution in [3.63, 3.8) is 0 Å². The monoisotopic (exact) mass is 347 g/mol. The van der Waals surface area contributed by atoms with Gasteiger partial charge in [0.2, 0.25) is 0 Å². The first-order valence-corrected chi connectivity index (χ1v) is 8.39. The van der Waals surface area contributed by atoms with Crippen LogP contribution in [0.1, 0.15) is 16.8 Å². The summed E-state index contributed by atoms with van der Waals surface area (Å²) in [4.78, 5) is 14.2. The van der Waals surface area contributed by atoms with E-state index in [0.29, 0.717) is 30.9 Å². The van der Waals surface area contributed by atoms with Gasteiger partial charge in [0.25, 0.3) is 5.91 Å². The Kier molecular flexibility index (Phi) is 4.03. The molecule has 0 spiro atoms. The van der Waals surface area contributed by atoms with E-state index in [2.05, 4.69) is 15.7 Å². The van der Waals surface area contributed by atoms with Crippen LogP contribution in [0, 0.1) is 17.6 Å². The van der Waals surface area contributed by atoms with Crippen molar-refractivity contribution in [2.45, 2.75) is 13.0 Å². The number of hydrogen-bond acceptors (Lipinski definition) is 4. The number of anilines is 2. The highest BCUT2D eigenvalue weighted by molar-refractivity contribution is 5.98. The highest BCUT2D eigenvalue weighted by Gasteiger charge is 2.26. The maximum absolute atomic E-state index is 13.9. The Morgan fingerprint density at radius 3 is 3.08 bits per heavy atom. The number of carbonyl (C=O) groups excluding carboxylic acids is 1. The Morgan fingerprint density at radius 1 is 1.36 bits per heavy atom. The van der Waals surface area contributed by atoms with E-state index in [9.17, 15) is 13.6 Å². The number of benzene rings is 1. The lowest BCUT2D eigenvalue weighted by atomic mass is 10.1. The molecule has 4 rings (SSSR count). The molecule has 2 aliphatic heterocycles. The lowest BCUT2D eigenvalue weighted by Crippen LogP contribution is -2.31. The summed E-state index contributed by atoms with van der Waals surface area (Å²) in [6.07, 6.45) is 2.42. The van der Waals surface area contributed by atoms with Crippen LogP contribution >= 0.6 is 0 Å². The van der Waals surface area contributed by atoms with Gasteiger partial charge in [-0.2, -0.15) is 5.10 Å². The number of rotatable bonds is 4. The number of aromatic nitrogens is 2. The van der Waals surface area contributed by atoms with Crippen molar-refractivity contribution < 1.29 is 13.6 Å². The third-order valence-corrected chi connectivity index (χ3v) is 4.79. The number of nitrogens with zero attached hydrogens (tertiary/aromatic N) is 3. The zero-order valence-corrected chi connectivity index (χ0v) is 13.6. The largest absolute Gasteiger partial charge is 0.369 e. The maximum Gasteiger partial charge on any atom is 0.256 e. The smallest absolute Gasteiger partial charge is 0.256 e. The van der Waals surface area contributed by atoms with Crippen LogP contribution in [-0.2, 0) is 6.54 Å². The number of amides is 1. The molecule has 0 saturated carbocycles. The highest BCUT2D eigenvalue weighted by atomic mass is 19.1. The van der Waals surface area contributed by atoms with E-state index in [1.807, 2.05) is 4.90 Å². The first-order chi connectivity index (χ1) is 12.1. The summed E-state index contributed by atoms with van der Waals surface area (Å²) in [5, 5.41) is 10.3. The zero-order valence-electron chi connectivity index (χ0n) is 13.6. The topological polar surface area (TPSA) is 62.2 Å². The Morgan fingerprint density at radius 2 is 2.24 bits per heavy atom. The third-order valence-electron chi connectivity index (χ3n) is 4.79. The Hall–Kier alpha value is -2.64. The molecule has 1 fully saturated rings. The van der Waals surface area contributed by atoms with Gasteiger partial charge in [0.15, 0.2) is 0 Å². The molecule has 132 valence electrons. The third kappa shape index (κ3) is 3.04. The molecule has 0 radical (unpaired) electrons. The molecule has 1 aromatic carbocycles. The Labute approximate surface area is 143 Å². The van der Waals surface area contributed by atoms with Crippen molar-refractivity contribution in [2.75, 3.05) is 36.4 Å². The van der Waals surface area contributed by atoms with E-state index >= 15 is 0 Å². The fourth-order valence-electron chi connectivity index (χ4n) is 3.48. The fourth-order valence-corrected chi connectivity index (χ4v) is 3.48. The van der Waals surface area contributed by atoms with Crippen molar-refractivity contribution >= 4 is 17.4 Å². The predicted molar refractivity (Wildman–Crippen MR) is 89.7 cm³/mol. The summed E-state index contributed by atoms with van der Waals surface area (Å²) in [5.41, 5.74) is 0.964. The van der Waals surface area contributed by atoms with Gasteiger partial charge in [-0.1, -0.05) is 0 Å². The highest BCUT2D eigenvalue weighted by Crippen LogP contribution is 2.27. The van der Waals surface area contributed by atoms with Crippen LogP contribution in [0.15, 0.2) is 24.4 Å². The molecule has 0 aliphatic carbocycles. The van der Waals surface area contributed by atoms with Gasteiger partial charge in [0.1, 0.15) is 23.0 Å². The molecule has 1 saturated heterocycles. The van der Waals surface area contributed by atoms with Gasteiger partial charge in [-0.15, -0.1) is 0 Å². The van der Waals surface area contributed by atoms with Crippen molar-refractivity contribution in [2.24, 2.45) is 5.92 Å². The average molecular weight is 347 g/mol. The summed E-state index contributed by atoms with van der Waals surface area (Å²) >= 11 is 0. The molecule has 1 atom stereocenters. The Balaban J connectivity index is 1.34. The first-order valence-electron chi connectivity index (χ1n) is 8.39. The molecule has 2 aromatic rings. The molecule has 2 N–H and O–H groups in total. The van der Waals surface area contributed by atoms with Gasteiger partial charge in [-0.3, -0.25) is 4.79 Å². The quantitative estimate of drug-likeness (QED) is 0.886. The van der Waals surface area contributed by atoms with Gasteiger partial charge >= 0.3 is 0 Å². The van der Waals surface area contributed by atoms with Gasteiger partial charge in [-0.25, -0.2) is 13.5 Å². The van der Waals surface area contributed by atoms with E-state index in [1.165, 1.54) is 12.1 Å². The molecule has 3 heterocycles. The maximum atomic E-state index is 13.9. The molecular weight excluding hydrogens is 328 g/mol. The molecule has 25 heavy (non-hydrogen) atoms. The van der Waals surface area contributed by atoms with Gasteiger partial charge in [-0.05, 0) is 24.5 Å². The number of halogens is 2. The van der Waals surface area contributed by atoms with Crippen LogP contribution in [0.3, 0.4) is 0 Å². The predicted octanol–water partition coefficient (Wildman–Crippen LogP) is 1.84. The number of hydrogen-bond donors (Lipinski definition) is 2. The van der Waals surface area contributed by atoms with E-state index in [-0.39, 0.29) is 11.8 Å². The molecule has 6 nitrogen and oxygen atoms in total. The van der Waals surface area contributed by atoms with Crippen molar-refractivity contribution in [3.8, 4) is 0 Å². The standard InChI is InChI=1S/C17H19F2N5O/c18-12-1-2-15(14(19)7-12)23-5-3-11(10-23)8-21-17(25)13-9-22-24-6-4-20-16(13)24/h1-2,7,9,11,20H,3-6,8,10H2,(H,21,25). The van der Waals surface area contributed by atoms with Crippen molar-refractivity contribution in [1.82, 2.24) is 15.1 Å². The van der Waals surface area contributed by atoms with Crippen molar-refractivity contribution in [3.05, 3.63) is 41.6 Å². The summed E-state index contributed by atoms with van der Waals surface area (Å²) in [5.74, 6) is -0.288. The molecule has 0 bridgehead atoms. The summed E-state index contributed by atoms with van der Waals surface area (Å²) in [6, 6.07) is 3.63. The van der Waals surface area contributed by atoms with Crippen LogP contribution in [0.4, 0.5) is 20.3 Å². The first kappa shape index (κ1) is 15.9. The van der Waals surface area contributed by atoms with Crippen LogP contribution in [0.5, 0.6) is 0 Å². The molecular formula is C17H19F2N5O. The second-order valence-corrected chi connectivity index (χ2v) is 6.46. The molecule has 1 amide bonds. The molecule has 8 heteroatoms. The average Bonchev–Trinajstić information content (AvgIpc) is 3.29. The number of carbonyl (C=O) groups is 1. The SMILES string of the molecule is O=C(NCC1CCN(c2ccc(F)cc2F)C1)c1cnn2c1NCC2. The van der Waals surface area contributed by atoms with Crippen LogP contribution in [-0.4, -0.2) is 41.9 Å². The van der Waals surface area contributed by atoms with Crippen LogP contribution in [0.2, 0.25) is 0 Å². The van der Waals surface area contributed by atoms with Crippen LogP contribution in [0.25, 0.3) is 0 Å². The minimum absolute atomic E-state index is 0.151. The number of fused-ring (bicyclic) bond motifs is 1.